The number of fused-ring (bicyclic) bond motifs is 1. The number of anilines is 3. The summed E-state index contributed by atoms with van der Waals surface area (Å²) in [5, 5.41) is 7.60. The molecular weight excluding hydrogens is 500 g/mol. The highest BCUT2D eigenvalue weighted by atomic mass is 16.5. The normalized spacial score (nSPS) is 14.2. The summed E-state index contributed by atoms with van der Waals surface area (Å²) in [6, 6.07) is 22.5. The summed E-state index contributed by atoms with van der Waals surface area (Å²) in [5.41, 5.74) is 5.28. The number of carbonyl (C=O) groups is 1. The first-order chi connectivity index (χ1) is 19.4. The number of carbonyl (C=O) groups excluding carboxylic acids is 1. The molecule has 3 aromatic carbocycles. The lowest BCUT2D eigenvalue weighted by molar-refractivity contribution is -0.121. The zero-order valence-electron chi connectivity index (χ0n) is 23.8. The van der Waals surface area contributed by atoms with Gasteiger partial charge in [0.1, 0.15) is 11.6 Å². The monoisotopic (exact) mass is 538 g/mol. The number of amides is 1. The molecule has 0 unspecified atom stereocenters. The Bertz CT molecular complexity index is 1450. The minimum Gasteiger partial charge on any atom is -0.497 e. The molecule has 1 aliphatic heterocycles. The molecule has 0 aliphatic carbocycles. The number of likely N-dealkylation sites (tertiary alicyclic amines) is 1. The zero-order chi connectivity index (χ0) is 28.1. The first-order valence-corrected chi connectivity index (χ1v) is 13.8. The summed E-state index contributed by atoms with van der Waals surface area (Å²) in [4.78, 5) is 26.7. The molecule has 5 rings (SSSR count). The number of hydrogen-bond acceptors (Lipinski definition) is 7. The van der Waals surface area contributed by atoms with E-state index in [0.29, 0.717) is 12.5 Å². The molecule has 1 fully saturated rings. The maximum atomic E-state index is 13.0. The smallest absolute Gasteiger partial charge is 0.227 e. The highest BCUT2D eigenvalue weighted by molar-refractivity contribution is 5.93. The minimum absolute atomic E-state index is 0.0361. The summed E-state index contributed by atoms with van der Waals surface area (Å²) >= 11 is 0. The molecule has 0 radical (unpaired) electrons. The van der Waals surface area contributed by atoms with E-state index in [1.807, 2.05) is 55.4 Å². The van der Waals surface area contributed by atoms with Gasteiger partial charge in [0.2, 0.25) is 11.9 Å². The lowest BCUT2D eigenvalue weighted by Gasteiger charge is -2.31. The number of aryl methyl sites for hydroxylation is 1. The number of nitrogens with zero attached hydrogens (tertiary/aromatic N) is 4. The number of hydrogen-bond donors (Lipinski definition) is 2. The van der Waals surface area contributed by atoms with Gasteiger partial charge in [-0.2, -0.15) is 4.98 Å². The van der Waals surface area contributed by atoms with Gasteiger partial charge in [-0.15, -0.1) is 0 Å². The van der Waals surface area contributed by atoms with Crippen molar-refractivity contribution in [1.29, 1.82) is 0 Å². The fourth-order valence-corrected chi connectivity index (χ4v) is 5.04. The summed E-state index contributed by atoms with van der Waals surface area (Å²) in [6.07, 6.45) is 1.73. The molecule has 1 aliphatic rings. The molecular formula is C32H38N6O2. The topological polar surface area (TPSA) is 82.6 Å². The lowest BCUT2D eigenvalue weighted by atomic mass is 9.95. The Morgan fingerprint density at radius 3 is 2.35 bits per heavy atom. The van der Waals surface area contributed by atoms with Gasteiger partial charge >= 0.3 is 0 Å². The Balaban J connectivity index is 1.13. The average Bonchev–Trinajstić information content (AvgIpc) is 2.97. The van der Waals surface area contributed by atoms with Crippen LogP contribution in [0.25, 0.3) is 10.9 Å². The van der Waals surface area contributed by atoms with Crippen LogP contribution < -0.4 is 20.3 Å². The van der Waals surface area contributed by atoms with Gasteiger partial charge in [-0.25, -0.2) is 4.98 Å². The Hall–Kier alpha value is -4.17. The van der Waals surface area contributed by atoms with Crippen molar-refractivity contribution in [2.45, 2.75) is 32.9 Å². The third-order valence-corrected chi connectivity index (χ3v) is 7.45. The van der Waals surface area contributed by atoms with E-state index >= 15 is 0 Å². The maximum absolute atomic E-state index is 13.0. The van der Waals surface area contributed by atoms with E-state index in [4.69, 9.17) is 9.72 Å². The zero-order valence-corrected chi connectivity index (χ0v) is 23.8. The van der Waals surface area contributed by atoms with Crippen molar-refractivity contribution >= 4 is 34.3 Å². The van der Waals surface area contributed by atoms with Crippen molar-refractivity contribution in [1.82, 2.24) is 14.9 Å². The number of aromatic nitrogens is 2. The van der Waals surface area contributed by atoms with Crippen LogP contribution in [0.5, 0.6) is 5.75 Å². The molecule has 2 heterocycles. The van der Waals surface area contributed by atoms with Gasteiger partial charge < -0.3 is 20.3 Å². The molecule has 8 heteroatoms. The quantitative estimate of drug-likeness (QED) is 0.292. The summed E-state index contributed by atoms with van der Waals surface area (Å²) in [7, 11) is 5.57. The third-order valence-electron chi connectivity index (χ3n) is 7.45. The molecule has 1 amide bonds. The highest BCUT2D eigenvalue weighted by Crippen LogP contribution is 2.25. The largest absolute Gasteiger partial charge is 0.497 e. The molecule has 1 aromatic heterocycles. The van der Waals surface area contributed by atoms with Crippen molar-refractivity contribution in [3.05, 3.63) is 83.4 Å². The lowest BCUT2D eigenvalue weighted by Crippen LogP contribution is -2.37. The summed E-state index contributed by atoms with van der Waals surface area (Å²) < 4.78 is 5.25. The Kier molecular flexibility index (Phi) is 8.45. The number of benzene rings is 3. The van der Waals surface area contributed by atoms with Crippen LogP contribution in [0, 0.1) is 12.8 Å². The number of ether oxygens (including phenoxy) is 1. The van der Waals surface area contributed by atoms with E-state index in [2.05, 4.69) is 57.8 Å². The second-order valence-corrected chi connectivity index (χ2v) is 10.7. The molecule has 0 spiro atoms. The van der Waals surface area contributed by atoms with Crippen molar-refractivity contribution in [3.8, 4) is 5.75 Å². The van der Waals surface area contributed by atoms with Gasteiger partial charge in [-0.3, -0.25) is 9.69 Å². The van der Waals surface area contributed by atoms with E-state index in [9.17, 15) is 4.79 Å². The van der Waals surface area contributed by atoms with Crippen molar-refractivity contribution in [2.24, 2.45) is 5.92 Å². The van der Waals surface area contributed by atoms with E-state index in [1.54, 1.807) is 7.11 Å². The number of nitrogens with one attached hydrogen (secondary N) is 2. The predicted octanol–water partition coefficient (Wildman–Crippen LogP) is 5.48. The molecule has 8 nitrogen and oxygen atoms in total. The Morgan fingerprint density at radius 1 is 0.975 bits per heavy atom. The van der Waals surface area contributed by atoms with Crippen LogP contribution in [-0.4, -0.2) is 55.1 Å². The van der Waals surface area contributed by atoms with Gasteiger partial charge in [0.05, 0.1) is 12.6 Å². The van der Waals surface area contributed by atoms with E-state index in [0.717, 1.165) is 66.2 Å². The molecule has 2 N–H and O–H groups in total. The second kappa shape index (κ2) is 12.3. The fourth-order valence-electron chi connectivity index (χ4n) is 5.04. The Labute approximate surface area is 236 Å². The number of rotatable bonds is 9. The fraction of sp³-hybridized carbons (Fsp3) is 0.344. The molecule has 40 heavy (non-hydrogen) atoms. The average molecular weight is 539 g/mol. The first-order valence-electron chi connectivity index (χ1n) is 13.8. The SMILES string of the molecule is COc1ccc(CN2CCC(C(=O)Nc3ccc(CNc4nc(N(C)C)nc5cc(C)ccc45)cc3)CC2)cc1. The van der Waals surface area contributed by atoms with Crippen LogP contribution in [0.15, 0.2) is 66.7 Å². The molecule has 4 aromatic rings. The van der Waals surface area contributed by atoms with Crippen LogP contribution in [0.1, 0.15) is 29.5 Å². The number of piperidine rings is 1. The summed E-state index contributed by atoms with van der Waals surface area (Å²) in [5.74, 6) is 2.49. The summed E-state index contributed by atoms with van der Waals surface area (Å²) in [6.45, 7) is 5.42. The molecule has 0 atom stereocenters. The molecule has 208 valence electrons. The van der Waals surface area contributed by atoms with Gasteiger partial charge in [0.25, 0.3) is 0 Å². The van der Waals surface area contributed by atoms with Crippen molar-refractivity contribution < 1.29 is 9.53 Å². The van der Waals surface area contributed by atoms with Crippen molar-refractivity contribution in [2.75, 3.05) is 49.8 Å². The second-order valence-electron chi connectivity index (χ2n) is 10.7. The van der Waals surface area contributed by atoms with Gasteiger partial charge in [0, 0.05) is 44.2 Å². The van der Waals surface area contributed by atoms with Gasteiger partial charge in [-0.05, 0) is 85.9 Å². The standard InChI is InChI=1S/C32H38N6O2/c1-22-5-14-28-29(19-22)35-32(37(2)3)36-30(28)33-20-23-6-10-26(11-7-23)34-31(39)25-15-17-38(18-16-25)21-24-8-12-27(40-4)13-9-24/h5-14,19,25H,15-18,20-21H2,1-4H3,(H,34,39)(H,33,35,36). The van der Waals surface area contributed by atoms with Crippen LogP contribution in [-0.2, 0) is 17.9 Å². The Morgan fingerprint density at radius 2 is 1.68 bits per heavy atom. The minimum atomic E-state index is 0.0361. The van der Waals surface area contributed by atoms with Crippen LogP contribution >= 0.6 is 0 Å². The van der Waals surface area contributed by atoms with Gasteiger partial charge in [0.15, 0.2) is 0 Å². The third kappa shape index (κ3) is 6.69. The highest BCUT2D eigenvalue weighted by Gasteiger charge is 2.25. The first kappa shape index (κ1) is 27.4. The van der Waals surface area contributed by atoms with Gasteiger partial charge in [-0.1, -0.05) is 30.3 Å². The molecule has 0 saturated carbocycles. The van der Waals surface area contributed by atoms with Crippen LogP contribution in [0.2, 0.25) is 0 Å². The molecule has 1 saturated heterocycles. The van der Waals surface area contributed by atoms with Crippen LogP contribution in [0.4, 0.5) is 17.5 Å². The van der Waals surface area contributed by atoms with E-state index in [1.165, 1.54) is 11.1 Å². The molecule has 0 bridgehead atoms. The van der Waals surface area contributed by atoms with E-state index < -0.39 is 0 Å². The number of methoxy groups -OCH3 is 1. The maximum Gasteiger partial charge on any atom is 0.227 e. The predicted molar refractivity (Wildman–Crippen MR) is 162 cm³/mol. The van der Waals surface area contributed by atoms with Crippen LogP contribution in [0.3, 0.4) is 0 Å². The van der Waals surface area contributed by atoms with E-state index in [-0.39, 0.29) is 11.8 Å². The van der Waals surface area contributed by atoms with Crippen molar-refractivity contribution in [3.63, 3.8) is 0 Å².